The minimum atomic E-state index is -0.173. The first-order valence-electron chi connectivity index (χ1n) is 4.52. The van der Waals surface area contributed by atoms with Crippen molar-refractivity contribution in [2.45, 2.75) is 25.4 Å². The standard InChI is InChI=1S/C10H14BrClN2/c1-2-9(13)10(14)7-5-6(12)3-4-8(7)11/h3-5,9-10H,2,13-14H2,1H3/t9-,10-/m0/s1. The van der Waals surface area contributed by atoms with Crippen LogP contribution in [0.1, 0.15) is 24.9 Å². The van der Waals surface area contributed by atoms with Gasteiger partial charge in [0.05, 0.1) is 0 Å². The Hall–Kier alpha value is -0.0900. The van der Waals surface area contributed by atoms with Gasteiger partial charge in [0, 0.05) is 21.6 Å². The molecule has 0 bridgehead atoms. The van der Waals surface area contributed by atoms with Gasteiger partial charge in [0.1, 0.15) is 0 Å². The Kier molecular flexibility index (Phi) is 4.38. The average Bonchev–Trinajstić information content (AvgIpc) is 2.19. The Morgan fingerprint density at radius 3 is 2.64 bits per heavy atom. The Bertz CT molecular complexity index is 317. The number of nitrogens with two attached hydrogens (primary N) is 2. The van der Waals surface area contributed by atoms with Gasteiger partial charge in [0.15, 0.2) is 0 Å². The lowest BCUT2D eigenvalue weighted by molar-refractivity contribution is 0.531. The SMILES string of the molecule is CC[C@H](N)[C@@H](N)c1cc(Cl)ccc1Br. The minimum Gasteiger partial charge on any atom is -0.326 e. The van der Waals surface area contributed by atoms with E-state index in [0.717, 1.165) is 16.5 Å². The lowest BCUT2D eigenvalue weighted by Crippen LogP contribution is -2.33. The van der Waals surface area contributed by atoms with Crippen LogP contribution in [-0.2, 0) is 0 Å². The smallest absolute Gasteiger partial charge is 0.0460 e. The molecule has 0 amide bonds. The van der Waals surface area contributed by atoms with Crippen molar-refractivity contribution in [2.75, 3.05) is 0 Å². The molecule has 0 aromatic heterocycles. The van der Waals surface area contributed by atoms with Gasteiger partial charge in [0.2, 0.25) is 0 Å². The van der Waals surface area contributed by atoms with E-state index >= 15 is 0 Å². The molecule has 1 rings (SSSR count). The normalized spacial score (nSPS) is 15.2. The van der Waals surface area contributed by atoms with E-state index in [1.54, 1.807) is 0 Å². The lowest BCUT2D eigenvalue weighted by Gasteiger charge is -2.20. The molecule has 4 N–H and O–H groups in total. The maximum absolute atomic E-state index is 6.01. The van der Waals surface area contributed by atoms with Crippen molar-refractivity contribution in [1.82, 2.24) is 0 Å². The fourth-order valence-electron chi connectivity index (χ4n) is 1.25. The molecule has 0 unspecified atom stereocenters. The molecule has 0 aliphatic rings. The number of halogens is 2. The van der Waals surface area contributed by atoms with E-state index in [1.807, 2.05) is 25.1 Å². The van der Waals surface area contributed by atoms with Crippen LogP contribution in [0, 0.1) is 0 Å². The summed E-state index contributed by atoms with van der Waals surface area (Å²) in [4.78, 5) is 0. The second-order valence-electron chi connectivity index (χ2n) is 3.26. The summed E-state index contributed by atoms with van der Waals surface area (Å²) in [6, 6.07) is 5.35. The summed E-state index contributed by atoms with van der Waals surface area (Å²) in [5.74, 6) is 0. The Morgan fingerprint density at radius 2 is 2.07 bits per heavy atom. The maximum atomic E-state index is 6.01. The van der Waals surface area contributed by atoms with Crippen molar-refractivity contribution in [3.63, 3.8) is 0 Å². The molecule has 14 heavy (non-hydrogen) atoms. The number of rotatable bonds is 3. The van der Waals surface area contributed by atoms with Crippen LogP contribution in [0.2, 0.25) is 5.02 Å². The summed E-state index contributed by atoms with van der Waals surface area (Å²) in [7, 11) is 0. The van der Waals surface area contributed by atoms with E-state index in [0.29, 0.717) is 5.02 Å². The van der Waals surface area contributed by atoms with Gasteiger partial charge in [0.25, 0.3) is 0 Å². The Labute approximate surface area is 97.7 Å². The van der Waals surface area contributed by atoms with Gasteiger partial charge in [-0.2, -0.15) is 0 Å². The molecule has 0 saturated carbocycles. The Morgan fingerprint density at radius 1 is 1.43 bits per heavy atom. The highest BCUT2D eigenvalue weighted by atomic mass is 79.9. The van der Waals surface area contributed by atoms with Crippen molar-refractivity contribution in [3.05, 3.63) is 33.3 Å². The second-order valence-corrected chi connectivity index (χ2v) is 4.55. The molecular weight excluding hydrogens is 263 g/mol. The van der Waals surface area contributed by atoms with Crippen molar-refractivity contribution >= 4 is 27.5 Å². The molecule has 0 saturated heterocycles. The van der Waals surface area contributed by atoms with Crippen LogP contribution in [0.3, 0.4) is 0 Å². The zero-order valence-corrected chi connectivity index (χ0v) is 10.3. The first-order chi connectivity index (χ1) is 6.56. The van der Waals surface area contributed by atoms with E-state index < -0.39 is 0 Å². The zero-order valence-electron chi connectivity index (χ0n) is 8.00. The number of hydrogen-bond acceptors (Lipinski definition) is 2. The lowest BCUT2D eigenvalue weighted by atomic mass is 9.99. The van der Waals surface area contributed by atoms with Crippen LogP contribution < -0.4 is 11.5 Å². The third-order valence-electron chi connectivity index (χ3n) is 2.25. The minimum absolute atomic E-state index is 0.0373. The molecule has 2 nitrogen and oxygen atoms in total. The molecule has 0 aliphatic carbocycles. The summed E-state index contributed by atoms with van der Waals surface area (Å²) in [5.41, 5.74) is 12.8. The third kappa shape index (κ3) is 2.70. The van der Waals surface area contributed by atoms with Crippen molar-refractivity contribution in [1.29, 1.82) is 0 Å². The monoisotopic (exact) mass is 276 g/mol. The van der Waals surface area contributed by atoms with Crippen LogP contribution in [0.4, 0.5) is 0 Å². The molecule has 0 fully saturated rings. The van der Waals surface area contributed by atoms with Crippen LogP contribution >= 0.6 is 27.5 Å². The van der Waals surface area contributed by atoms with E-state index in [2.05, 4.69) is 15.9 Å². The average molecular weight is 278 g/mol. The van der Waals surface area contributed by atoms with Gasteiger partial charge in [-0.05, 0) is 30.2 Å². The summed E-state index contributed by atoms with van der Waals surface area (Å²) >= 11 is 9.33. The molecule has 2 atom stereocenters. The fourth-order valence-corrected chi connectivity index (χ4v) is 1.95. The third-order valence-corrected chi connectivity index (χ3v) is 3.21. The highest BCUT2D eigenvalue weighted by molar-refractivity contribution is 9.10. The first-order valence-corrected chi connectivity index (χ1v) is 5.69. The predicted molar refractivity (Wildman–Crippen MR) is 64.3 cm³/mol. The van der Waals surface area contributed by atoms with E-state index in [4.69, 9.17) is 23.1 Å². The van der Waals surface area contributed by atoms with E-state index in [1.165, 1.54) is 0 Å². The van der Waals surface area contributed by atoms with Gasteiger partial charge in [-0.3, -0.25) is 0 Å². The van der Waals surface area contributed by atoms with Crippen LogP contribution in [-0.4, -0.2) is 6.04 Å². The van der Waals surface area contributed by atoms with Crippen molar-refractivity contribution < 1.29 is 0 Å². The molecular formula is C10H14BrClN2. The van der Waals surface area contributed by atoms with Crippen molar-refractivity contribution in [2.24, 2.45) is 11.5 Å². The molecule has 0 radical (unpaired) electrons. The van der Waals surface area contributed by atoms with Crippen molar-refractivity contribution in [3.8, 4) is 0 Å². The van der Waals surface area contributed by atoms with Gasteiger partial charge in [-0.15, -0.1) is 0 Å². The summed E-state index contributed by atoms with van der Waals surface area (Å²) in [5, 5.41) is 0.682. The molecule has 1 aromatic rings. The topological polar surface area (TPSA) is 52.0 Å². The molecule has 4 heteroatoms. The largest absolute Gasteiger partial charge is 0.326 e. The highest BCUT2D eigenvalue weighted by Crippen LogP contribution is 2.27. The maximum Gasteiger partial charge on any atom is 0.0460 e. The van der Waals surface area contributed by atoms with Crippen LogP contribution in [0.15, 0.2) is 22.7 Å². The van der Waals surface area contributed by atoms with Crippen LogP contribution in [0.5, 0.6) is 0 Å². The molecule has 0 spiro atoms. The van der Waals surface area contributed by atoms with Gasteiger partial charge >= 0.3 is 0 Å². The molecule has 0 aliphatic heterocycles. The molecule has 1 aromatic carbocycles. The highest BCUT2D eigenvalue weighted by Gasteiger charge is 2.16. The molecule has 78 valence electrons. The van der Waals surface area contributed by atoms with Gasteiger partial charge in [-0.25, -0.2) is 0 Å². The van der Waals surface area contributed by atoms with E-state index in [9.17, 15) is 0 Å². The second kappa shape index (κ2) is 5.12. The van der Waals surface area contributed by atoms with E-state index in [-0.39, 0.29) is 12.1 Å². The Balaban J connectivity index is 2.99. The summed E-state index contributed by atoms with van der Waals surface area (Å²) < 4.78 is 0.957. The summed E-state index contributed by atoms with van der Waals surface area (Å²) in [6.45, 7) is 2.02. The molecule has 0 heterocycles. The number of hydrogen-bond donors (Lipinski definition) is 2. The zero-order chi connectivity index (χ0) is 10.7. The number of benzene rings is 1. The predicted octanol–water partition coefficient (Wildman–Crippen LogP) is 2.84. The fraction of sp³-hybridized carbons (Fsp3) is 0.400. The quantitative estimate of drug-likeness (QED) is 0.892. The first kappa shape index (κ1) is 12.0. The van der Waals surface area contributed by atoms with Gasteiger partial charge in [-0.1, -0.05) is 34.5 Å². The van der Waals surface area contributed by atoms with Gasteiger partial charge < -0.3 is 11.5 Å². The van der Waals surface area contributed by atoms with Crippen LogP contribution in [0.25, 0.3) is 0 Å². The summed E-state index contributed by atoms with van der Waals surface area (Å²) in [6.07, 6.45) is 0.847.